The van der Waals surface area contributed by atoms with Gasteiger partial charge in [0, 0.05) is 43.1 Å². The second-order valence-electron chi connectivity index (χ2n) is 11.7. The number of nitrogens with zero attached hydrogens (tertiary/aromatic N) is 3. The second kappa shape index (κ2) is 14.3. The number of anilines is 2. The molecule has 0 N–H and O–H groups in total. The lowest BCUT2D eigenvalue weighted by Crippen LogP contribution is -2.46. The van der Waals surface area contributed by atoms with Gasteiger partial charge in [0.1, 0.15) is 5.82 Å². The van der Waals surface area contributed by atoms with E-state index in [9.17, 15) is 14.0 Å². The Morgan fingerprint density at radius 3 is 2.33 bits per heavy atom. The van der Waals surface area contributed by atoms with E-state index < -0.39 is 0 Å². The van der Waals surface area contributed by atoms with Gasteiger partial charge < -0.3 is 9.80 Å². The second-order valence-corrected chi connectivity index (χ2v) is 12.8. The summed E-state index contributed by atoms with van der Waals surface area (Å²) in [4.78, 5) is 34.7. The lowest BCUT2D eigenvalue weighted by Gasteiger charge is -2.36. The summed E-state index contributed by atoms with van der Waals surface area (Å²) in [7, 11) is 0. The number of halogens is 1. The fourth-order valence-electron chi connectivity index (χ4n) is 6.01. The van der Waals surface area contributed by atoms with Gasteiger partial charge in [-0.2, -0.15) is 0 Å². The third-order valence-corrected chi connectivity index (χ3v) is 9.56. The third kappa shape index (κ3) is 7.55. The summed E-state index contributed by atoms with van der Waals surface area (Å²) in [6, 6.07) is 30.8. The molecular formula is C38H38FN3O2S. The van der Waals surface area contributed by atoms with Crippen LogP contribution < -0.4 is 9.80 Å². The molecule has 0 unspecified atom stereocenters. The first-order chi connectivity index (χ1) is 21.9. The Hall–Kier alpha value is -4.20. The molecule has 5 nitrogen and oxygen atoms in total. The van der Waals surface area contributed by atoms with Crippen molar-refractivity contribution in [1.29, 1.82) is 0 Å². The molecule has 0 aliphatic carbocycles. The van der Waals surface area contributed by atoms with Crippen LogP contribution in [0.1, 0.15) is 46.3 Å². The number of unbranched alkanes of at least 4 members (excludes halogenated alkanes) is 1. The molecule has 0 radical (unpaired) electrons. The number of hydrogen-bond donors (Lipinski definition) is 0. The van der Waals surface area contributed by atoms with E-state index in [1.807, 2.05) is 71.6 Å². The summed E-state index contributed by atoms with van der Waals surface area (Å²) >= 11 is 1.49. The average Bonchev–Trinajstić information content (AvgIpc) is 3.06. The van der Waals surface area contributed by atoms with Crippen molar-refractivity contribution in [2.75, 3.05) is 42.5 Å². The van der Waals surface area contributed by atoms with Crippen LogP contribution in [0.2, 0.25) is 0 Å². The number of rotatable bonds is 10. The van der Waals surface area contributed by atoms with Crippen molar-refractivity contribution in [2.45, 2.75) is 37.6 Å². The zero-order chi connectivity index (χ0) is 31.2. The highest BCUT2D eigenvalue weighted by Gasteiger charge is 2.29. The number of ketones is 1. The zero-order valence-electron chi connectivity index (χ0n) is 25.6. The molecule has 45 heavy (non-hydrogen) atoms. The molecule has 1 saturated heterocycles. The van der Waals surface area contributed by atoms with Gasteiger partial charge in [-0.15, -0.1) is 0 Å². The molecule has 6 rings (SSSR count). The van der Waals surface area contributed by atoms with Gasteiger partial charge >= 0.3 is 0 Å². The maximum atomic E-state index is 14.1. The van der Waals surface area contributed by atoms with Crippen LogP contribution in [-0.4, -0.2) is 49.3 Å². The number of para-hydroxylation sites is 2. The van der Waals surface area contributed by atoms with Gasteiger partial charge in [-0.25, -0.2) is 4.39 Å². The van der Waals surface area contributed by atoms with Crippen molar-refractivity contribution in [2.24, 2.45) is 0 Å². The maximum absolute atomic E-state index is 14.1. The van der Waals surface area contributed by atoms with Gasteiger partial charge in [0.2, 0.25) is 0 Å². The van der Waals surface area contributed by atoms with Crippen molar-refractivity contribution >= 4 is 40.9 Å². The number of fused-ring (bicyclic) bond motifs is 1. The SMILES string of the molecule is Cc1cccc(CN2C(=O)/C(=C\c3ccc(C(=O)CCCCN4CCN(c5ccccc5F)CC4)cc3)Sc3ccccc32)c1. The van der Waals surface area contributed by atoms with Crippen molar-refractivity contribution in [3.8, 4) is 0 Å². The van der Waals surface area contributed by atoms with E-state index in [0.29, 0.717) is 29.1 Å². The summed E-state index contributed by atoms with van der Waals surface area (Å²) in [5.41, 5.74) is 5.46. The van der Waals surface area contributed by atoms with Gasteiger partial charge in [0.25, 0.3) is 5.91 Å². The van der Waals surface area contributed by atoms with Crippen molar-refractivity contribution in [3.63, 3.8) is 0 Å². The Morgan fingerprint density at radius 1 is 0.844 bits per heavy atom. The molecule has 0 saturated carbocycles. The number of piperazine rings is 1. The van der Waals surface area contributed by atoms with Gasteiger partial charge in [-0.1, -0.05) is 90.1 Å². The fraction of sp³-hybridized carbons (Fsp3) is 0.263. The van der Waals surface area contributed by atoms with E-state index >= 15 is 0 Å². The van der Waals surface area contributed by atoms with Crippen LogP contribution in [0.4, 0.5) is 15.8 Å². The minimum atomic E-state index is -0.165. The predicted molar refractivity (Wildman–Crippen MR) is 182 cm³/mol. The summed E-state index contributed by atoms with van der Waals surface area (Å²) in [6.45, 7) is 6.93. The van der Waals surface area contributed by atoms with Crippen LogP contribution in [0.5, 0.6) is 0 Å². The Balaban J connectivity index is 1.01. The quantitative estimate of drug-likeness (QED) is 0.102. The molecule has 4 aromatic carbocycles. The normalized spacial score (nSPS) is 16.2. The lowest BCUT2D eigenvalue weighted by atomic mass is 10.0. The molecule has 2 aliphatic rings. The van der Waals surface area contributed by atoms with E-state index in [0.717, 1.165) is 67.3 Å². The highest BCUT2D eigenvalue weighted by molar-refractivity contribution is 8.04. The lowest BCUT2D eigenvalue weighted by molar-refractivity contribution is -0.114. The zero-order valence-corrected chi connectivity index (χ0v) is 26.4. The Kier molecular flexibility index (Phi) is 9.77. The van der Waals surface area contributed by atoms with Crippen LogP contribution >= 0.6 is 11.8 Å². The monoisotopic (exact) mass is 619 g/mol. The van der Waals surface area contributed by atoms with Crippen molar-refractivity contribution in [1.82, 2.24) is 4.90 Å². The molecule has 2 aliphatic heterocycles. The summed E-state index contributed by atoms with van der Waals surface area (Å²) in [6.07, 6.45) is 4.22. The van der Waals surface area contributed by atoms with Gasteiger partial charge in [0.15, 0.2) is 5.78 Å². The summed E-state index contributed by atoms with van der Waals surface area (Å²) in [5.74, 6) is -0.0456. The minimum Gasteiger partial charge on any atom is -0.367 e. The average molecular weight is 620 g/mol. The fourth-order valence-corrected chi connectivity index (χ4v) is 7.07. The molecule has 0 aromatic heterocycles. The smallest absolute Gasteiger partial charge is 0.265 e. The maximum Gasteiger partial charge on any atom is 0.265 e. The number of thioether (sulfide) groups is 1. The van der Waals surface area contributed by atoms with Crippen LogP contribution in [-0.2, 0) is 11.3 Å². The molecular weight excluding hydrogens is 582 g/mol. The highest BCUT2D eigenvalue weighted by atomic mass is 32.2. The Morgan fingerprint density at radius 2 is 1.58 bits per heavy atom. The van der Waals surface area contributed by atoms with E-state index in [1.165, 1.54) is 23.4 Å². The topological polar surface area (TPSA) is 43.9 Å². The molecule has 0 bridgehead atoms. The highest BCUT2D eigenvalue weighted by Crippen LogP contribution is 2.42. The number of aryl methyl sites for hydroxylation is 1. The predicted octanol–water partition coefficient (Wildman–Crippen LogP) is 7.99. The number of benzene rings is 4. The van der Waals surface area contributed by atoms with Crippen molar-refractivity contribution < 1.29 is 14.0 Å². The number of amides is 1. The van der Waals surface area contributed by atoms with Gasteiger partial charge in [-0.05, 0) is 67.8 Å². The first-order valence-corrected chi connectivity index (χ1v) is 16.5. The molecule has 7 heteroatoms. The number of Topliss-reactive ketones (excluding diaryl/α,β-unsaturated/α-hetero) is 1. The third-order valence-electron chi connectivity index (χ3n) is 8.48. The molecule has 1 fully saturated rings. The van der Waals surface area contributed by atoms with E-state index in [2.05, 4.69) is 41.0 Å². The van der Waals surface area contributed by atoms with Gasteiger partial charge in [0.05, 0.1) is 22.8 Å². The largest absolute Gasteiger partial charge is 0.367 e. The molecule has 0 spiro atoms. The van der Waals surface area contributed by atoms with E-state index in [4.69, 9.17) is 0 Å². The Bertz CT molecular complexity index is 1700. The van der Waals surface area contributed by atoms with Crippen LogP contribution in [0.15, 0.2) is 107 Å². The summed E-state index contributed by atoms with van der Waals surface area (Å²) < 4.78 is 14.1. The number of carbonyl (C=O) groups excluding carboxylic acids is 2. The minimum absolute atomic E-state index is 0.0194. The van der Waals surface area contributed by atoms with Crippen LogP contribution in [0, 0.1) is 12.7 Å². The molecule has 230 valence electrons. The van der Waals surface area contributed by atoms with Crippen molar-refractivity contribution in [3.05, 3.63) is 130 Å². The first-order valence-electron chi connectivity index (χ1n) is 15.7. The molecule has 0 atom stereocenters. The molecule has 2 heterocycles. The van der Waals surface area contributed by atoms with Crippen LogP contribution in [0.3, 0.4) is 0 Å². The Labute approximate surface area is 269 Å². The van der Waals surface area contributed by atoms with Gasteiger partial charge in [-0.3, -0.25) is 14.5 Å². The molecule has 4 aromatic rings. The van der Waals surface area contributed by atoms with E-state index in [-0.39, 0.29) is 17.5 Å². The summed E-state index contributed by atoms with van der Waals surface area (Å²) in [5, 5.41) is 0. The standard InChI is InChI=1S/C38H38FN3O2S/c1-28-9-8-10-30(25-28)27-42-34-13-4-5-15-36(34)45-37(38(42)44)26-29-16-18-31(19-17-29)35(43)14-6-7-20-40-21-23-41(24-22-40)33-12-3-2-11-32(33)39/h2-5,8-13,15-19,25-26H,6-7,14,20-24,27H2,1H3/b37-26+. The number of carbonyl (C=O) groups is 2. The van der Waals surface area contributed by atoms with Crippen LogP contribution in [0.25, 0.3) is 6.08 Å². The first kappa shape index (κ1) is 30.8. The molecule has 1 amide bonds. The van der Waals surface area contributed by atoms with E-state index in [1.54, 1.807) is 6.07 Å². The number of hydrogen-bond acceptors (Lipinski definition) is 5.